The van der Waals surface area contributed by atoms with E-state index in [4.69, 9.17) is 16.3 Å². The molecule has 0 radical (unpaired) electrons. The van der Waals surface area contributed by atoms with E-state index >= 15 is 0 Å². The Kier molecular flexibility index (Phi) is 3.39. The van der Waals surface area contributed by atoms with Gasteiger partial charge >= 0.3 is 0 Å². The number of rotatable bonds is 3. The molecule has 0 atom stereocenters. The summed E-state index contributed by atoms with van der Waals surface area (Å²) < 4.78 is 19.2. The smallest absolute Gasteiger partial charge is 0.269 e. The Labute approximate surface area is 102 Å². The molecule has 1 aromatic heterocycles. The van der Waals surface area contributed by atoms with Crippen LogP contribution in [0.15, 0.2) is 36.9 Å². The van der Waals surface area contributed by atoms with Crippen molar-refractivity contribution in [1.82, 2.24) is 9.55 Å². The number of nitrogens with zero attached hydrogens (tertiary/aromatic N) is 2. The molecule has 17 heavy (non-hydrogen) atoms. The maximum Gasteiger partial charge on any atom is 0.269 e. The van der Waals surface area contributed by atoms with Gasteiger partial charge in [-0.3, -0.25) is 9.36 Å². The van der Waals surface area contributed by atoms with E-state index in [1.807, 2.05) is 0 Å². The highest BCUT2D eigenvalue weighted by molar-refractivity contribution is 6.32. The number of benzene rings is 1. The van der Waals surface area contributed by atoms with Crippen LogP contribution in [0.2, 0.25) is 5.02 Å². The van der Waals surface area contributed by atoms with E-state index in [1.54, 1.807) is 0 Å². The predicted octanol–water partition coefficient (Wildman–Crippen LogP) is 2.39. The van der Waals surface area contributed by atoms with Crippen LogP contribution in [-0.2, 0) is 0 Å². The summed E-state index contributed by atoms with van der Waals surface area (Å²) in [6.45, 7) is -0.193. The van der Waals surface area contributed by atoms with Gasteiger partial charge in [-0.25, -0.2) is 9.37 Å². The van der Waals surface area contributed by atoms with Gasteiger partial charge in [-0.1, -0.05) is 11.6 Å². The Balaban J connectivity index is 2.01. The topological polar surface area (TPSA) is 44.1 Å². The molecule has 88 valence electrons. The van der Waals surface area contributed by atoms with Crippen LogP contribution in [0.5, 0.6) is 5.75 Å². The van der Waals surface area contributed by atoms with Gasteiger partial charge in [-0.2, -0.15) is 0 Å². The molecule has 0 saturated heterocycles. The summed E-state index contributed by atoms with van der Waals surface area (Å²) in [4.78, 5) is 15.3. The minimum atomic E-state index is -0.455. The average molecular weight is 255 g/mol. The molecule has 0 aliphatic rings. The molecule has 0 aliphatic heterocycles. The molecular formula is C11H8ClFN2O2. The minimum absolute atomic E-state index is 0.128. The van der Waals surface area contributed by atoms with E-state index in [0.29, 0.717) is 0 Å². The van der Waals surface area contributed by atoms with Crippen molar-refractivity contribution in [2.75, 3.05) is 6.61 Å². The van der Waals surface area contributed by atoms with Crippen LogP contribution in [0, 0.1) is 5.82 Å². The first-order valence-electron chi connectivity index (χ1n) is 4.76. The van der Waals surface area contributed by atoms with Crippen LogP contribution >= 0.6 is 11.6 Å². The van der Waals surface area contributed by atoms with Gasteiger partial charge in [0.15, 0.2) is 6.61 Å². The first-order chi connectivity index (χ1) is 8.16. The monoisotopic (exact) mass is 254 g/mol. The standard InChI is InChI=1S/C11H8ClFN2O2/c12-9-5-8(13)1-2-10(9)17-6-11(16)15-4-3-14-7-15/h1-5,7H,6H2. The van der Waals surface area contributed by atoms with E-state index < -0.39 is 5.82 Å². The lowest BCUT2D eigenvalue weighted by molar-refractivity contribution is 0.0837. The molecule has 0 bridgehead atoms. The highest BCUT2D eigenvalue weighted by atomic mass is 35.5. The van der Waals surface area contributed by atoms with Crippen molar-refractivity contribution >= 4 is 17.5 Å². The lowest BCUT2D eigenvalue weighted by Crippen LogP contribution is -2.17. The maximum absolute atomic E-state index is 12.8. The van der Waals surface area contributed by atoms with Crippen LogP contribution in [-0.4, -0.2) is 22.1 Å². The molecule has 2 rings (SSSR count). The molecule has 0 saturated carbocycles. The number of carbonyl (C=O) groups excluding carboxylic acids is 1. The zero-order valence-corrected chi connectivity index (χ0v) is 9.39. The van der Waals surface area contributed by atoms with Crippen LogP contribution in [0.3, 0.4) is 0 Å². The number of carbonyl (C=O) groups is 1. The molecule has 1 aromatic carbocycles. The highest BCUT2D eigenvalue weighted by Crippen LogP contribution is 2.24. The first-order valence-corrected chi connectivity index (χ1v) is 5.13. The summed E-state index contributed by atoms with van der Waals surface area (Å²) in [5.41, 5.74) is 0. The number of halogens is 2. The van der Waals surface area contributed by atoms with Crippen LogP contribution in [0.25, 0.3) is 0 Å². The molecule has 0 aliphatic carbocycles. The number of aromatic nitrogens is 2. The molecule has 0 amide bonds. The Morgan fingerprint density at radius 1 is 1.53 bits per heavy atom. The highest BCUT2D eigenvalue weighted by Gasteiger charge is 2.08. The third-order valence-electron chi connectivity index (χ3n) is 2.04. The van der Waals surface area contributed by atoms with Crippen LogP contribution in [0.1, 0.15) is 4.79 Å². The fourth-order valence-electron chi connectivity index (χ4n) is 1.21. The second-order valence-corrected chi connectivity index (χ2v) is 3.63. The normalized spacial score (nSPS) is 10.2. The van der Waals surface area contributed by atoms with Gasteiger partial charge in [-0.15, -0.1) is 0 Å². The maximum atomic E-state index is 12.8. The molecule has 1 heterocycles. The lowest BCUT2D eigenvalue weighted by atomic mass is 10.3. The van der Waals surface area contributed by atoms with Crippen molar-refractivity contribution in [2.24, 2.45) is 0 Å². The Bertz CT molecular complexity index is 528. The van der Waals surface area contributed by atoms with E-state index in [2.05, 4.69) is 4.98 Å². The molecule has 2 aromatic rings. The molecule has 0 fully saturated rings. The molecular weight excluding hydrogens is 247 g/mol. The van der Waals surface area contributed by atoms with Gasteiger partial charge in [0.05, 0.1) is 5.02 Å². The van der Waals surface area contributed by atoms with Crippen LogP contribution in [0.4, 0.5) is 4.39 Å². The van der Waals surface area contributed by atoms with Crippen molar-refractivity contribution in [3.63, 3.8) is 0 Å². The summed E-state index contributed by atoms with van der Waals surface area (Å²) >= 11 is 5.74. The molecule has 6 heteroatoms. The second kappa shape index (κ2) is 4.97. The Hall–Kier alpha value is -1.88. The zero-order chi connectivity index (χ0) is 12.3. The quantitative estimate of drug-likeness (QED) is 0.845. The van der Waals surface area contributed by atoms with Crippen molar-refractivity contribution < 1.29 is 13.9 Å². The van der Waals surface area contributed by atoms with E-state index in [-0.39, 0.29) is 23.3 Å². The van der Waals surface area contributed by atoms with E-state index in [1.165, 1.54) is 35.4 Å². The number of ether oxygens (including phenoxy) is 1. The van der Waals surface area contributed by atoms with Gasteiger partial charge in [0.25, 0.3) is 5.91 Å². The van der Waals surface area contributed by atoms with Crippen LogP contribution < -0.4 is 4.74 Å². The summed E-state index contributed by atoms with van der Waals surface area (Å²) in [5, 5.41) is 0.128. The number of hydrogen-bond acceptors (Lipinski definition) is 3. The zero-order valence-electron chi connectivity index (χ0n) is 8.64. The summed E-state index contributed by atoms with van der Waals surface area (Å²) in [6, 6.07) is 3.71. The van der Waals surface area contributed by atoms with Gasteiger partial charge in [0.2, 0.25) is 0 Å². The third kappa shape index (κ3) is 2.82. The second-order valence-electron chi connectivity index (χ2n) is 3.23. The largest absolute Gasteiger partial charge is 0.482 e. The molecule has 4 nitrogen and oxygen atoms in total. The van der Waals surface area contributed by atoms with E-state index in [9.17, 15) is 9.18 Å². The number of imidazole rings is 1. The first kappa shape index (κ1) is 11.6. The van der Waals surface area contributed by atoms with Gasteiger partial charge in [0.1, 0.15) is 17.9 Å². The van der Waals surface area contributed by atoms with Crippen molar-refractivity contribution in [3.8, 4) is 5.75 Å². The van der Waals surface area contributed by atoms with Crippen molar-refractivity contribution in [1.29, 1.82) is 0 Å². The molecule has 0 spiro atoms. The third-order valence-corrected chi connectivity index (χ3v) is 2.33. The predicted molar refractivity (Wildman–Crippen MR) is 59.8 cm³/mol. The van der Waals surface area contributed by atoms with Gasteiger partial charge < -0.3 is 4.74 Å². The Morgan fingerprint density at radius 3 is 3.00 bits per heavy atom. The van der Waals surface area contributed by atoms with Gasteiger partial charge in [0, 0.05) is 12.4 Å². The Morgan fingerprint density at radius 2 is 2.35 bits per heavy atom. The van der Waals surface area contributed by atoms with Crippen molar-refractivity contribution in [2.45, 2.75) is 0 Å². The SMILES string of the molecule is O=C(COc1ccc(F)cc1Cl)n1ccnc1. The van der Waals surface area contributed by atoms with E-state index in [0.717, 1.165) is 6.07 Å². The van der Waals surface area contributed by atoms with Crippen molar-refractivity contribution in [3.05, 3.63) is 47.8 Å². The average Bonchev–Trinajstić information content (AvgIpc) is 2.81. The summed E-state index contributed by atoms with van der Waals surface area (Å²) in [7, 11) is 0. The van der Waals surface area contributed by atoms with Gasteiger partial charge in [-0.05, 0) is 18.2 Å². The lowest BCUT2D eigenvalue weighted by Gasteiger charge is -2.07. The molecule has 0 N–H and O–H groups in total. The number of hydrogen-bond donors (Lipinski definition) is 0. The molecule has 0 unspecified atom stereocenters. The minimum Gasteiger partial charge on any atom is -0.482 e. The fourth-order valence-corrected chi connectivity index (χ4v) is 1.43. The summed E-state index contributed by atoms with van der Waals surface area (Å²) in [6.07, 6.45) is 4.37. The fraction of sp³-hybridized carbons (Fsp3) is 0.0909. The summed E-state index contributed by atoms with van der Waals surface area (Å²) in [5.74, 6) is -0.479.